The molecule has 0 atom stereocenters. The van der Waals surface area contributed by atoms with Crippen LogP contribution >= 0.6 is 23.1 Å². The smallest absolute Gasteiger partial charge is 0.284 e. The molecule has 7 heteroatoms. The number of rotatable bonds is 2. The molecule has 0 saturated carbocycles. The summed E-state index contributed by atoms with van der Waals surface area (Å²) in [5.41, 5.74) is 0. The van der Waals surface area contributed by atoms with Crippen LogP contribution in [0.1, 0.15) is 23.6 Å². The Morgan fingerprint density at radius 3 is 2.82 bits per heavy atom. The third kappa shape index (κ3) is 2.90. The minimum atomic E-state index is -0.00243. The summed E-state index contributed by atoms with van der Waals surface area (Å²) in [6.45, 7) is 5.89. The van der Waals surface area contributed by atoms with Gasteiger partial charge < -0.3 is 10.2 Å². The van der Waals surface area contributed by atoms with Gasteiger partial charge in [-0.2, -0.15) is 11.8 Å². The molecule has 1 aromatic rings. The lowest BCUT2D eigenvalue weighted by Crippen LogP contribution is -2.46. The van der Waals surface area contributed by atoms with Gasteiger partial charge in [0, 0.05) is 30.6 Å². The van der Waals surface area contributed by atoms with E-state index in [1.54, 1.807) is 7.05 Å². The average Bonchev–Trinajstić information content (AvgIpc) is 2.75. The van der Waals surface area contributed by atoms with E-state index in [1.807, 2.05) is 16.7 Å². The molecule has 0 radical (unpaired) electrons. The third-order valence-corrected chi connectivity index (χ3v) is 4.76. The minimum Gasteiger partial charge on any atom is -0.363 e. The van der Waals surface area contributed by atoms with Crippen molar-refractivity contribution in [3.63, 3.8) is 0 Å². The third-order valence-electron chi connectivity index (χ3n) is 2.53. The summed E-state index contributed by atoms with van der Waals surface area (Å²) in [5.74, 6) is 0.980. The van der Waals surface area contributed by atoms with Crippen molar-refractivity contribution in [2.75, 3.05) is 31.2 Å². The monoisotopic (exact) mass is 272 g/mol. The Balaban J connectivity index is 2.09. The van der Waals surface area contributed by atoms with Crippen LogP contribution in [0, 0.1) is 0 Å². The number of thioether (sulfide) groups is 1. The molecule has 2 rings (SSSR count). The molecule has 0 unspecified atom stereocenters. The second kappa shape index (κ2) is 4.81. The summed E-state index contributed by atoms with van der Waals surface area (Å²) in [6, 6.07) is 0. The molecule has 1 amide bonds. The van der Waals surface area contributed by atoms with E-state index in [4.69, 9.17) is 0 Å². The highest BCUT2D eigenvalue weighted by molar-refractivity contribution is 8.00. The normalized spacial score (nSPS) is 19.1. The van der Waals surface area contributed by atoms with E-state index in [0.717, 1.165) is 18.8 Å². The first-order valence-electron chi connectivity index (χ1n) is 5.46. The second-order valence-corrected chi connectivity index (χ2v) is 7.28. The summed E-state index contributed by atoms with van der Waals surface area (Å²) in [7, 11) is 1.77. The van der Waals surface area contributed by atoms with Crippen LogP contribution in [0.5, 0.6) is 0 Å². The molecule has 17 heavy (non-hydrogen) atoms. The molecular formula is C10H16N4OS2. The molecule has 1 aromatic heterocycles. The van der Waals surface area contributed by atoms with Gasteiger partial charge in [0.2, 0.25) is 10.1 Å². The van der Waals surface area contributed by atoms with Crippen molar-refractivity contribution in [1.82, 2.24) is 15.1 Å². The van der Waals surface area contributed by atoms with Gasteiger partial charge in [0.1, 0.15) is 0 Å². The molecule has 1 aliphatic heterocycles. The van der Waals surface area contributed by atoms with Gasteiger partial charge in [-0.25, -0.2) is 0 Å². The second-order valence-electron chi connectivity index (χ2n) is 4.50. The standard InChI is InChI=1S/C10H16N4OS2/c1-10(2)6-14(4-5-16-10)8(15)7-12-13-9(11-3)17-7/h4-6H2,1-3H3,(H,11,13). The van der Waals surface area contributed by atoms with Gasteiger partial charge in [-0.1, -0.05) is 11.3 Å². The quantitative estimate of drug-likeness (QED) is 0.885. The van der Waals surface area contributed by atoms with Crippen LogP contribution in [-0.4, -0.2) is 51.6 Å². The Bertz CT molecular complexity index is 418. The lowest BCUT2D eigenvalue weighted by molar-refractivity contribution is 0.0747. The molecule has 1 aliphatic rings. The van der Waals surface area contributed by atoms with E-state index in [1.165, 1.54) is 11.3 Å². The van der Waals surface area contributed by atoms with Gasteiger partial charge >= 0.3 is 0 Å². The first-order chi connectivity index (χ1) is 8.02. The summed E-state index contributed by atoms with van der Waals surface area (Å²) in [4.78, 5) is 14.1. The maximum atomic E-state index is 12.2. The SMILES string of the molecule is CNc1nnc(C(=O)N2CCSC(C)(C)C2)s1. The number of hydrogen-bond acceptors (Lipinski definition) is 6. The molecule has 0 aromatic carbocycles. The number of anilines is 1. The van der Waals surface area contributed by atoms with Crippen molar-refractivity contribution in [3.8, 4) is 0 Å². The highest BCUT2D eigenvalue weighted by Gasteiger charge is 2.31. The van der Waals surface area contributed by atoms with Gasteiger partial charge in [0.15, 0.2) is 0 Å². The van der Waals surface area contributed by atoms with Crippen LogP contribution in [0.25, 0.3) is 0 Å². The molecule has 1 fully saturated rings. The van der Waals surface area contributed by atoms with Crippen LogP contribution < -0.4 is 5.32 Å². The van der Waals surface area contributed by atoms with Crippen molar-refractivity contribution in [3.05, 3.63) is 5.01 Å². The average molecular weight is 272 g/mol. The van der Waals surface area contributed by atoms with E-state index < -0.39 is 0 Å². The molecule has 1 N–H and O–H groups in total. The van der Waals surface area contributed by atoms with Gasteiger partial charge in [-0.15, -0.1) is 10.2 Å². The van der Waals surface area contributed by atoms with E-state index in [2.05, 4.69) is 29.4 Å². The first kappa shape index (κ1) is 12.6. The highest BCUT2D eigenvalue weighted by Crippen LogP contribution is 2.30. The predicted molar refractivity (Wildman–Crippen MR) is 71.9 cm³/mol. The maximum Gasteiger partial charge on any atom is 0.284 e. The Kier molecular flexibility index (Phi) is 3.58. The lowest BCUT2D eigenvalue weighted by atomic mass is 10.2. The van der Waals surface area contributed by atoms with E-state index in [9.17, 15) is 4.79 Å². The van der Waals surface area contributed by atoms with Crippen LogP contribution in [0.2, 0.25) is 0 Å². The van der Waals surface area contributed by atoms with Crippen LogP contribution in [0.15, 0.2) is 0 Å². The molecule has 2 heterocycles. The van der Waals surface area contributed by atoms with Crippen LogP contribution in [-0.2, 0) is 0 Å². The summed E-state index contributed by atoms with van der Waals surface area (Å²) in [5, 5.41) is 11.9. The lowest BCUT2D eigenvalue weighted by Gasteiger charge is -2.37. The fourth-order valence-electron chi connectivity index (χ4n) is 1.74. The first-order valence-corrected chi connectivity index (χ1v) is 7.26. The van der Waals surface area contributed by atoms with Gasteiger partial charge in [0.25, 0.3) is 5.91 Å². The molecule has 0 aliphatic carbocycles. The summed E-state index contributed by atoms with van der Waals surface area (Å²) < 4.78 is 0.129. The number of aromatic nitrogens is 2. The molecular weight excluding hydrogens is 256 g/mol. The van der Waals surface area contributed by atoms with E-state index in [-0.39, 0.29) is 10.7 Å². The summed E-state index contributed by atoms with van der Waals surface area (Å²) in [6.07, 6.45) is 0. The summed E-state index contributed by atoms with van der Waals surface area (Å²) >= 11 is 3.21. The van der Waals surface area contributed by atoms with E-state index in [0.29, 0.717) is 10.1 Å². The molecule has 94 valence electrons. The highest BCUT2D eigenvalue weighted by atomic mass is 32.2. The fourth-order valence-corrected chi connectivity index (χ4v) is 3.51. The zero-order valence-corrected chi connectivity index (χ0v) is 11.8. The number of hydrogen-bond donors (Lipinski definition) is 1. The van der Waals surface area contributed by atoms with Crippen molar-refractivity contribution in [2.24, 2.45) is 0 Å². The number of carbonyl (C=O) groups is 1. The largest absolute Gasteiger partial charge is 0.363 e. The van der Waals surface area contributed by atoms with Gasteiger partial charge in [0.05, 0.1) is 0 Å². The number of amides is 1. The van der Waals surface area contributed by atoms with Crippen molar-refractivity contribution < 1.29 is 4.79 Å². The van der Waals surface area contributed by atoms with Crippen molar-refractivity contribution in [1.29, 1.82) is 0 Å². The van der Waals surface area contributed by atoms with Gasteiger partial charge in [-0.05, 0) is 13.8 Å². The zero-order chi connectivity index (χ0) is 12.5. The van der Waals surface area contributed by atoms with Crippen LogP contribution in [0.3, 0.4) is 0 Å². The number of nitrogens with zero attached hydrogens (tertiary/aromatic N) is 3. The molecule has 0 bridgehead atoms. The number of nitrogens with one attached hydrogen (secondary N) is 1. The zero-order valence-electron chi connectivity index (χ0n) is 10.2. The van der Waals surface area contributed by atoms with Crippen LogP contribution in [0.4, 0.5) is 5.13 Å². The number of carbonyl (C=O) groups excluding carboxylic acids is 1. The minimum absolute atomic E-state index is 0.00243. The maximum absolute atomic E-state index is 12.2. The molecule has 5 nitrogen and oxygen atoms in total. The van der Waals surface area contributed by atoms with Crippen molar-refractivity contribution >= 4 is 34.1 Å². The Labute approximate surface area is 109 Å². The Morgan fingerprint density at radius 1 is 1.47 bits per heavy atom. The molecule has 0 spiro atoms. The predicted octanol–water partition coefficient (Wildman–Crippen LogP) is 1.55. The van der Waals surface area contributed by atoms with E-state index >= 15 is 0 Å². The fraction of sp³-hybridized carbons (Fsp3) is 0.700. The van der Waals surface area contributed by atoms with Crippen molar-refractivity contribution in [2.45, 2.75) is 18.6 Å². The van der Waals surface area contributed by atoms with Gasteiger partial charge in [-0.3, -0.25) is 4.79 Å². The Hall–Kier alpha value is -0.820. The Morgan fingerprint density at radius 2 is 2.24 bits per heavy atom. The topological polar surface area (TPSA) is 58.1 Å². The molecule has 1 saturated heterocycles.